The molecule has 104 valence electrons. The van der Waals surface area contributed by atoms with E-state index < -0.39 is 0 Å². The highest BCUT2D eigenvalue weighted by atomic mass is 79.9. The lowest BCUT2D eigenvalue weighted by atomic mass is 10.0. The summed E-state index contributed by atoms with van der Waals surface area (Å²) in [6, 6.07) is 16.0. The van der Waals surface area contributed by atoms with Crippen molar-refractivity contribution in [3.63, 3.8) is 0 Å². The molecule has 0 atom stereocenters. The van der Waals surface area contributed by atoms with E-state index in [0.717, 1.165) is 10.0 Å². The van der Waals surface area contributed by atoms with Crippen LogP contribution in [0.2, 0.25) is 0 Å². The molecule has 2 aromatic carbocycles. The van der Waals surface area contributed by atoms with Gasteiger partial charge in [-0.1, -0.05) is 28.1 Å². The minimum Gasteiger partial charge on any atom is -0.497 e. The van der Waals surface area contributed by atoms with Gasteiger partial charge in [0.25, 0.3) is 0 Å². The van der Waals surface area contributed by atoms with Crippen molar-refractivity contribution in [1.82, 2.24) is 0 Å². The number of Topliss-reactive ketones (excluding diaryl/α,β-unsaturated/α-hetero) is 1. The molecule has 0 fully saturated rings. The second-order valence-electron chi connectivity index (χ2n) is 4.28. The SMILES string of the molecule is COc1ccc(C(=O)/C(C#N)=C/c2ccc(Br)cc2)cc1. The first kappa shape index (κ1) is 15.0. The predicted molar refractivity (Wildman–Crippen MR) is 85.1 cm³/mol. The van der Waals surface area contributed by atoms with Crippen LogP contribution in [0.5, 0.6) is 5.75 Å². The fourth-order valence-corrected chi connectivity index (χ4v) is 2.04. The highest BCUT2D eigenvalue weighted by Gasteiger charge is 2.12. The van der Waals surface area contributed by atoms with Gasteiger partial charge in [-0.15, -0.1) is 0 Å². The summed E-state index contributed by atoms with van der Waals surface area (Å²) < 4.78 is 5.99. The van der Waals surface area contributed by atoms with Gasteiger partial charge in [0.15, 0.2) is 0 Å². The molecule has 21 heavy (non-hydrogen) atoms. The summed E-state index contributed by atoms with van der Waals surface area (Å²) in [6.07, 6.45) is 1.58. The lowest BCUT2D eigenvalue weighted by Crippen LogP contribution is -2.01. The van der Waals surface area contributed by atoms with Crippen molar-refractivity contribution in [2.45, 2.75) is 0 Å². The Labute approximate surface area is 131 Å². The second-order valence-corrected chi connectivity index (χ2v) is 5.19. The molecular weight excluding hydrogens is 330 g/mol. The van der Waals surface area contributed by atoms with Crippen LogP contribution < -0.4 is 4.74 Å². The van der Waals surface area contributed by atoms with Crippen LogP contribution in [0.4, 0.5) is 0 Å². The number of halogens is 1. The van der Waals surface area contributed by atoms with Crippen molar-refractivity contribution >= 4 is 27.8 Å². The van der Waals surface area contributed by atoms with Crippen LogP contribution in [0, 0.1) is 11.3 Å². The largest absolute Gasteiger partial charge is 0.497 e. The van der Waals surface area contributed by atoms with Gasteiger partial charge in [0, 0.05) is 10.0 Å². The van der Waals surface area contributed by atoms with Crippen LogP contribution in [0.25, 0.3) is 6.08 Å². The third-order valence-electron chi connectivity index (χ3n) is 2.90. The van der Waals surface area contributed by atoms with Crippen LogP contribution in [0.3, 0.4) is 0 Å². The minimum atomic E-state index is -0.303. The number of allylic oxidation sites excluding steroid dienone is 1. The molecule has 0 saturated heterocycles. The summed E-state index contributed by atoms with van der Waals surface area (Å²) in [5.74, 6) is 0.366. The van der Waals surface area contributed by atoms with Crippen LogP contribution in [0.15, 0.2) is 58.6 Å². The van der Waals surface area contributed by atoms with Crippen molar-refractivity contribution in [1.29, 1.82) is 5.26 Å². The maximum atomic E-state index is 12.3. The first-order chi connectivity index (χ1) is 10.1. The Hall–Kier alpha value is -2.38. The second kappa shape index (κ2) is 6.87. The van der Waals surface area contributed by atoms with Gasteiger partial charge in [-0.2, -0.15) is 5.26 Å². The third-order valence-corrected chi connectivity index (χ3v) is 3.43. The summed E-state index contributed by atoms with van der Waals surface area (Å²) >= 11 is 3.34. The number of benzene rings is 2. The van der Waals surface area contributed by atoms with E-state index in [9.17, 15) is 10.1 Å². The molecule has 0 amide bonds. The smallest absolute Gasteiger partial charge is 0.203 e. The highest BCUT2D eigenvalue weighted by molar-refractivity contribution is 9.10. The van der Waals surface area contributed by atoms with Crippen molar-refractivity contribution in [2.24, 2.45) is 0 Å². The molecule has 0 aliphatic carbocycles. The summed E-state index contributed by atoms with van der Waals surface area (Å²) in [7, 11) is 1.56. The van der Waals surface area contributed by atoms with E-state index in [0.29, 0.717) is 11.3 Å². The molecule has 4 heteroatoms. The van der Waals surface area contributed by atoms with Gasteiger partial charge in [0.1, 0.15) is 17.4 Å². The van der Waals surface area contributed by atoms with E-state index in [2.05, 4.69) is 15.9 Å². The number of nitriles is 1. The number of ether oxygens (including phenoxy) is 1. The fourth-order valence-electron chi connectivity index (χ4n) is 1.77. The van der Waals surface area contributed by atoms with Crippen LogP contribution in [-0.4, -0.2) is 12.9 Å². The predicted octanol–water partition coefficient (Wildman–Crippen LogP) is 4.25. The Kier molecular flexibility index (Phi) is 4.91. The first-order valence-corrected chi connectivity index (χ1v) is 6.99. The quantitative estimate of drug-likeness (QED) is 0.474. The highest BCUT2D eigenvalue weighted by Crippen LogP contribution is 2.17. The molecule has 0 aliphatic heterocycles. The summed E-state index contributed by atoms with van der Waals surface area (Å²) in [5, 5.41) is 9.20. The van der Waals surface area contributed by atoms with E-state index in [4.69, 9.17) is 4.74 Å². The molecular formula is C17H12BrNO2. The molecule has 0 bridgehead atoms. The van der Waals surface area contributed by atoms with Crippen molar-refractivity contribution in [3.8, 4) is 11.8 Å². The molecule has 0 aliphatic rings. The topological polar surface area (TPSA) is 50.1 Å². The normalized spacial score (nSPS) is 10.8. The van der Waals surface area contributed by atoms with E-state index in [-0.39, 0.29) is 11.4 Å². The standard InChI is InChI=1S/C17H12BrNO2/c1-21-16-8-4-13(5-9-16)17(20)14(11-19)10-12-2-6-15(18)7-3-12/h2-10H,1H3/b14-10+. The molecule has 2 aromatic rings. The summed E-state index contributed by atoms with van der Waals surface area (Å²) in [5.41, 5.74) is 1.36. The van der Waals surface area contributed by atoms with E-state index >= 15 is 0 Å². The first-order valence-electron chi connectivity index (χ1n) is 6.20. The average molecular weight is 342 g/mol. The van der Waals surface area contributed by atoms with Gasteiger partial charge in [-0.25, -0.2) is 0 Å². The molecule has 0 saturated carbocycles. The Morgan fingerprint density at radius 2 is 1.76 bits per heavy atom. The van der Waals surface area contributed by atoms with Crippen LogP contribution in [-0.2, 0) is 0 Å². The lowest BCUT2D eigenvalue weighted by molar-refractivity contribution is 0.104. The number of hydrogen-bond donors (Lipinski definition) is 0. The van der Waals surface area contributed by atoms with Crippen molar-refractivity contribution in [2.75, 3.05) is 7.11 Å². The van der Waals surface area contributed by atoms with Crippen molar-refractivity contribution in [3.05, 3.63) is 69.7 Å². The number of methoxy groups -OCH3 is 1. The fraction of sp³-hybridized carbons (Fsp3) is 0.0588. The molecule has 2 rings (SSSR count). The molecule has 0 heterocycles. The van der Waals surface area contributed by atoms with Crippen LogP contribution >= 0.6 is 15.9 Å². The number of hydrogen-bond acceptors (Lipinski definition) is 3. The Morgan fingerprint density at radius 1 is 1.14 bits per heavy atom. The molecule has 3 nitrogen and oxygen atoms in total. The number of nitrogens with zero attached hydrogens (tertiary/aromatic N) is 1. The Balaban J connectivity index is 2.29. The minimum absolute atomic E-state index is 0.0995. The Bertz CT molecular complexity index is 710. The zero-order chi connectivity index (χ0) is 15.2. The molecule has 0 radical (unpaired) electrons. The number of rotatable bonds is 4. The van der Waals surface area contributed by atoms with E-state index in [1.807, 2.05) is 30.3 Å². The van der Waals surface area contributed by atoms with Gasteiger partial charge in [-0.3, -0.25) is 4.79 Å². The molecule has 0 N–H and O–H groups in total. The zero-order valence-electron chi connectivity index (χ0n) is 11.3. The lowest BCUT2D eigenvalue weighted by Gasteiger charge is -2.02. The van der Waals surface area contributed by atoms with E-state index in [1.54, 1.807) is 37.5 Å². The van der Waals surface area contributed by atoms with Gasteiger partial charge in [0.2, 0.25) is 5.78 Å². The summed E-state index contributed by atoms with van der Waals surface area (Å²) in [6.45, 7) is 0. The Morgan fingerprint density at radius 3 is 2.29 bits per heavy atom. The number of carbonyl (C=O) groups excluding carboxylic acids is 1. The van der Waals surface area contributed by atoms with Crippen LogP contribution in [0.1, 0.15) is 15.9 Å². The maximum absolute atomic E-state index is 12.3. The van der Waals surface area contributed by atoms with E-state index in [1.165, 1.54) is 0 Å². The monoisotopic (exact) mass is 341 g/mol. The average Bonchev–Trinajstić information content (AvgIpc) is 2.54. The van der Waals surface area contributed by atoms with Gasteiger partial charge in [0.05, 0.1) is 7.11 Å². The zero-order valence-corrected chi connectivity index (χ0v) is 12.9. The number of ketones is 1. The number of carbonyl (C=O) groups is 1. The summed E-state index contributed by atoms with van der Waals surface area (Å²) in [4.78, 5) is 12.3. The van der Waals surface area contributed by atoms with Crippen molar-refractivity contribution < 1.29 is 9.53 Å². The molecule has 0 aromatic heterocycles. The molecule has 0 spiro atoms. The molecule has 0 unspecified atom stereocenters. The van der Waals surface area contributed by atoms with Gasteiger partial charge >= 0.3 is 0 Å². The maximum Gasteiger partial charge on any atom is 0.203 e. The van der Waals surface area contributed by atoms with Gasteiger partial charge < -0.3 is 4.74 Å². The third kappa shape index (κ3) is 3.80. The van der Waals surface area contributed by atoms with Gasteiger partial charge in [-0.05, 0) is 48.0 Å².